The lowest BCUT2D eigenvalue weighted by Crippen LogP contribution is -2.14. The molecule has 0 aliphatic heterocycles. The molecular formula is C18H14F2N2O5S. The van der Waals surface area contributed by atoms with Gasteiger partial charge in [-0.05, 0) is 24.3 Å². The Labute approximate surface area is 159 Å². The zero-order chi connectivity index (χ0) is 20.5. The molecule has 10 heteroatoms. The third-order valence-corrected chi connectivity index (χ3v) is 5.56. The number of carbonyl (C=O) groups excluding carboxylic acids is 1. The van der Waals surface area contributed by atoms with Gasteiger partial charge >= 0.3 is 5.97 Å². The highest BCUT2D eigenvalue weighted by Gasteiger charge is 2.31. The Bertz CT molecular complexity index is 1140. The maximum absolute atomic E-state index is 14.5. The molecule has 0 saturated heterocycles. The summed E-state index contributed by atoms with van der Waals surface area (Å²) in [5.41, 5.74) is -0.804. The van der Waals surface area contributed by atoms with E-state index in [4.69, 9.17) is 4.74 Å². The van der Waals surface area contributed by atoms with E-state index in [0.29, 0.717) is 10.0 Å². The van der Waals surface area contributed by atoms with E-state index in [1.807, 2.05) is 0 Å². The predicted octanol–water partition coefficient (Wildman–Crippen LogP) is 2.86. The molecule has 0 atom stereocenters. The highest BCUT2D eigenvalue weighted by Crippen LogP contribution is 2.39. The third kappa shape index (κ3) is 3.22. The van der Waals surface area contributed by atoms with E-state index in [1.165, 1.54) is 25.4 Å². The van der Waals surface area contributed by atoms with Crippen molar-refractivity contribution in [2.45, 2.75) is 4.90 Å². The molecule has 0 amide bonds. The molecule has 0 aliphatic rings. The minimum absolute atomic E-state index is 0.201. The first kappa shape index (κ1) is 19.5. The van der Waals surface area contributed by atoms with Crippen LogP contribution < -0.4 is 4.74 Å². The Morgan fingerprint density at radius 2 is 1.93 bits per heavy atom. The van der Waals surface area contributed by atoms with Gasteiger partial charge in [-0.25, -0.2) is 26.0 Å². The van der Waals surface area contributed by atoms with Gasteiger partial charge in [-0.3, -0.25) is 4.98 Å². The molecule has 2 aromatic heterocycles. The van der Waals surface area contributed by atoms with Crippen molar-refractivity contribution in [1.82, 2.24) is 8.96 Å². The molecule has 7 nitrogen and oxygen atoms in total. The van der Waals surface area contributed by atoms with E-state index in [1.54, 1.807) is 0 Å². The van der Waals surface area contributed by atoms with Crippen molar-refractivity contribution in [2.75, 3.05) is 14.2 Å². The summed E-state index contributed by atoms with van der Waals surface area (Å²) in [5, 5.41) is 0. The number of esters is 1. The SMILES string of the molecule is COC(=O)c1cn(S(=O)(=O)c2cccnc2)c(-c2ccc(F)cc2F)c1OC. The third-order valence-electron chi connectivity index (χ3n) is 3.91. The molecule has 0 radical (unpaired) electrons. The fraction of sp³-hybridized carbons (Fsp3) is 0.111. The molecule has 3 rings (SSSR count). The summed E-state index contributed by atoms with van der Waals surface area (Å²) < 4.78 is 64.6. The van der Waals surface area contributed by atoms with Gasteiger partial charge in [0.25, 0.3) is 10.0 Å². The predicted molar refractivity (Wildman–Crippen MR) is 94.5 cm³/mol. The summed E-state index contributed by atoms with van der Waals surface area (Å²) in [6, 6.07) is 5.31. The second kappa shape index (κ2) is 7.39. The van der Waals surface area contributed by atoms with E-state index in [2.05, 4.69) is 9.72 Å². The van der Waals surface area contributed by atoms with Gasteiger partial charge in [0.15, 0.2) is 5.75 Å². The molecule has 0 fully saturated rings. The maximum Gasteiger partial charge on any atom is 0.343 e. The Hall–Kier alpha value is -3.27. The van der Waals surface area contributed by atoms with Crippen LogP contribution in [-0.2, 0) is 14.8 Å². The van der Waals surface area contributed by atoms with Crippen molar-refractivity contribution >= 4 is 16.0 Å². The molecule has 2 heterocycles. The quantitative estimate of drug-likeness (QED) is 0.604. The normalized spacial score (nSPS) is 11.3. The fourth-order valence-corrected chi connectivity index (χ4v) is 3.99. The van der Waals surface area contributed by atoms with Crippen LogP contribution in [0.15, 0.2) is 53.8 Å². The second-order valence-electron chi connectivity index (χ2n) is 5.53. The van der Waals surface area contributed by atoms with Crippen LogP contribution in [0.4, 0.5) is 8.78 Å². The first-order valence-electron chi connectivity index (χ1n) is 7.80. The average molecular weight is 408 g/mol. The first-order valence-corrected chi connectivity index (χ1v) is 9.24. The van der Waals surface area contributed by atoms with Crippen LogP contribution in [-0.4, -0.2) is 37.6 Å². The van der Waals surface area contributed by atoms with Crippen LogP contribution in [0.25, 0.3) is 11.3 Å². The van der Waals surface area contributed by atoms with Crippen molar-refractivity contribution < 1.29 is 31.5 Å². The molecule has 1 aromatic carbocycles. The molecule has 0 bridgehead atoms. The summed E-state index contributed by atoms with van der Waals surface area (Å²) in [7, 11) is -2.00. The van der Waals surface area contributed by atoms with E-state index >= 15 is 0 Å². The zero-order valence-corrected chi connectivity index (χ0v) is 15.5. The average Bonchev–Trinajstić information content (AvgIpc) is 3.08. The fourth-order valence-electron chi connectivity index (χ4n) is 2.66. The molecule has 0 spiro atoms. The number of hydrogen-bond acceptors (Lipinski definition) is 6. The Kier molecular flexibility index (Phi) is 5.14. The molecule has 28 heavy (non-hydrogen) atoms. The standard InChI is InChI=1S/C18H14F2N2O5S/c1-26-17-14(18(23)27-2)10-22(28(24,25)12-4-3-7-21-9-12)16(17)13-6-5-11(19)8-15(13)20/h3-10H,1-2H3. The van der Waals surface area contributed by atoms with E-state index in [9.17, 15) is 22.0 Å². The molecule has 0 aliphatic carbocycles. The number of aromatic nitrogens is 2. The van der Waals surface area contributed by atoms with E-state index in [-0.39, 0.29) is 27.5 Å². The molecule has 0 N–H and O–H groups in total. The largest absolute Gasteiger partial charge is 0.494 e. The summed E-state index contributed by atoms with van der Waals surface area (Å²) in [4.78, 5) is 15.7. The van der Waals surface area contributed by atoms with Crippen LogP contribution in [0.5, 0.6) is 5.75 Å². The summed E-state index contributed by atoms with van der Waals surface area (Å²) in [6.07, 6.45) is 3.45. The minimum atomic E-state index is -4.29. The van der Waals surface area contributed by atoms with Crippen LogP contribution in [0.1, 0.15) is 10.4 Å². The van der Waals surface area contributed by atoms with Gasteiger partial charge in [0, 0.05) is 30.2 Å². The topological polar surface area (TPSA) is 87.5 Å². The lowest BCUT2D eigenvalue weighted by atomic mass is 10.1. The summed E-state index contributed by atoms with van der Waals surface area (Å²) in [5.74, 6) is -3.00. The number of ether oxygens (including phenoxy) is 2. The van der Waals surface area contributed by atoms with Gasteiger partial charge in [-0.15, -0.1) is 0 Å². The van der Waals surface area contributed by atoms with Crippen molar-refractivity contribution in [3.8, 4) is 17.0 Å². The molecule has 3 aromatic rings. The van der Waals surface area contributed by atoms with E-state index in [0.717, 1.165) is 31.6 Å². The Balaban J connectivity index is 2.39. The van der Waals surface area contributed by atoms with Gasteiger partial charge < -0.3 is 9.47 Å². The van der Waals surface area contributed by atoms with Crippen molar-refractivity contribution in [3.63, 3.8) is 0 Å². The molecule has 146 valence electrons. The number of nitrogens with zero attached hydrogens (tertiary/aromatic N) is 2. The van der Waals surface area contributed by atoms with Crippen molar-refractivity contribution in [1.29, 1.82) is 0 Å². The first-order chi connectivity index (χ1) is 13.3. The Morgan fingerprint density at radius 3 is 2.50 bits per heavy atom. The molecule has 0 saturated carbocycles. The number of rotatable bonds is 5. The smallest absolute Gasteiger partial charge is 0.343 e. The zero-order valence-electron chi connectivity index (χ0n) is 14.7. The number of hydrogen-bond donors (Lipinski definition) is 0. The highest BCUT2D eigenvalue weighted by molar-refractivity contribution is 7.90. The van der Waals surface area contributed by atoms with Gasteiger partial charge in [-0.2, -0.15) is 0 Å². The van der Waals surface area contributed by atoms with Gasteiger partial charge in [0.1, 0.15) is 27.8 Å². The van der Waals surface area contributed by atoms with Crippen molar-refractivity contribution in [2.24, 2.45) is 0 Å². The van der Waals surface area contributed by atoms with Crippen LogP contribution >= 0.6 is 0 Å². The number of pyridine rings is 1. The van der Waals surface area contributed by atoms with Gasteiger partial charge in [-0.1, -0.05) is 0 Å². The van der Waals surface area contributed by atoms with Gasteiger partial charge in [0.2, 0.25) is 0 Å². The lowest BCUT2D eigenvalue weighted by molar-refractivity contribution is 0.0597. The van der Waals surface area contributed by atoms with Gasteiger partial charge in [0.05, 0.1) is 14.2 Å². The van der Waals surface area contributed by atoms with Crippen LogP contribution in [0.3, 0.4) is 0 Å². The molecule has 0 unspecified atom stereocenters. The second-order valence-corrected chi connectivity index (χ2v) is 7.34. The van der Waals surface area contributed by atoms with Crippen LogP contribution in [0, 0.1) is 11.6 Å². The summed E-state index contributed by atoms with van der Waals surface area (Å²) in [6.45, 7) is 0. The number of carbonyl (C=O) groups is 1. The monoisotopic (exact) mass is 408 g/mol. The Morgan fingerprint density at radius 1 is 1.18 bits per heavy atom. The minimum Gasteiger partial charge on any atom is -0.494 e. The number of benzene rings is 1. The lowest BCUT2D eigenvalue weighted by Gasteiger charge is -2.12. The number of halogens is 2. The van der Waals surface area contributed by atoms with E-state index < -0.39 is 27.6 Å². The summed E-state index contributed by atoms with van der Waals surface area (Å²) >= 11 is 0. The molecular weight excluding hydrogens is 394 g/mol. The van der Waals surface area contributed by atoms with Crippen molar-refractivity contribution in [3.05, 3.63) is 66.1 Å². The van der Waals surface area contributed by atoms with Crippen LogP contribution in [0.2, 0.25) is 0 Å². The number of methoxy groups -OCH3 is 2. The highest BCUT2D eigenvalue weighted by atomic mass is 32.2. The maximum atomic E-state index is 14.5.